The Bertz CT molecular complexity index is 2760. The third kappa shape index (κ3) is 13.5. The minimum atomic E-state index is -0.147. The molecule has 0 saturated heterocycles. The van der Waals surface area contributed by atoms with Crippen molar-refractivity contribution in [3.05, 3.63) is 158 Å². The number of hydrogen-bond donors (Lipinski definition) is 1. The minimum absolute atomic E-state index is 0.0500. The molecule has 0 saturated carbocycles. The molecule has 4 aliphatic rings. The molecule has 4 aliphatic heterocycles. The molecule has 1 aromatic heterocycles. The maximum atomic E-state index is 11.1. The molecule has 0 bridgehead atoms. The van der Waals surface area contributed by atoms with Crippen molar-refractivity contribution < 1.29 is 23.7 Å². The van der Waals surface area contributed by atoms with Crippen molar-refractivity contribution in [3.63, 3.8) is 0 Å². The van der Waals surface area contributed by atoms with Crippen molar-refractivity contribution in [3.8, 4) is 23.0 Å². The number of rotatable bonds is 0. The van der Waals surface area contributed by atoms with Crippen LogP contribution < -0.4 is 24.5 Å². The number of ether oxygens (including phenoxy) is 4. The summed E-state index contributed by atoms with van der Waals surface area (Å²) in [5, 5.41) is 9.18. The van der Waals surface area contributed by atoms with Crippen LogP contribution in [0.5, 0.6) is 23.0 Å². The zero-order valence-electron chi connectivity index (χ0n) is 43.2. The maximum absolute atomic E-state index is 11.1. The summed E-state index contributed by atoms with van der Waals surface area (Å²) < 4.78 is 21.1. The van der Waals surface area contributed by atoms with Gasteiger partial charge in [0.1, 0.15) is 11.5 Å². The van der Waals surface area contributed by atoms with Crippen LogP contribution in [-0.2, 0) is 51.3 Å². The number of H-pyrrole nitrogens is 1. The molecular formula is C59H73N3O6. The van der Waals surface area contributed by atoms with E-state index in [-0.39, 0.29) is 38.6 Å². The van der Waals surface area contributed by atoms with Gasteiger partial charge in [-0.25, -0.2) is 0 Å². The van der Waals surface area contributed by atoms with Gasteiger partial charge in [0.05, 0.1) is 25.3 Å². The molecule has 68 heavy (non-hydrogen) atoms. The van der Waals surface area contributed by atoms with Gasteiger partial charge in [0, 0.05) is 29.1 Å². The molecule has 5 aromatic carbocycles. The SMILES string of the molecule is CC(C)(C)c1ccc2[nH]c(=O)ccc2c1.CC(C)(C)c1ccc2c(c1)CC(=O)O2.CC(C)(C)c1ccc2c(c1)N=NC2.CC(C)(C)c1ccc2c(c1)OCC2.CC(C)(C)c1ccc2c(c1)OCO2. The average Bonchev–Trinajstić information content (AvgIpc) is 4.08. The maximum Gasteiger partial charge on any atom is 0.315 e. The summed E-state index contributed by atoms with van der Waals surface area (Å²) in [5.41, 5.74) is 12.9. The van der Waals surface area contributed by atoms with E-state index in [0.29, 0.717) is 13.2 Å². The highest BCUT2D eigenvalue weighted by atomic mass is 16.7. The molecule has 360 valence electrons. The van der Waals surface area contributed by atoms with Crippen molar-refractivity contribution in [2.24, 2.45) is 10.2 Å². The minimum Gasteiger partial charge on any atom is -0.493 e. The van der Waals surface area contributed by atoms with Gasteiger partial charge >= 0.3 is 5.97 Å². The smallest absolute Gasteiger partial charge is 0.315 e. The molecule has 0 amide bonds. The number of fused-ring (bicyclic) bond motifs is 5. The van der Waals surface area contributed by atoms with Gasteiger partial charge in [-0.3, -0.25) is 9.59 Å². The largest absolute Gasteiger partial charge is 0.493 e. The topological polar surface area (TPSA) is 112 Å². The van der Waals surface area contributed by atoms with E-state index in [9.17, 15) is 9.59 Å². The van der Waals surface area contributed by atoms with Gasteiger partial charge < -0.3 is 23.9 Å². The van der Waals surface area contributed by atoms with Crippen LogP contribution in [0.1, 0.15) is 148 Å². The molecule has 10 rings (SSSR count). The fourth-order valence-electron chi connectivity index (χ4n) is 7.66. The Kier molecular flexibility index (Phi) is 15.2. The summed E-state index contributed by atoms with van der Waals surface area (Å²) in [5.74, 6) is 3.39. The van der Waals surface area contributed by atoms with Gasteiger partial charge in [-0.2, -0.15) is 10.2 Å². The lowest BCUT2D eigenvalue weighted by molar-refractivity contribution is -0.131. The number of nitrogens with one attached hydrogen (secondary N) is 1. The van der Waals surface area contributed by atoms with Gasteiger partial charge in [0.2, 0.25) is 12.4 Å². The summed E-state index contributed by atoms with van der Waals surface area (Å²) in [4.78, 5) is 25.0. The van der Waals surface area contributed by atoms with Crippen molar-refractivity contribution in [2.45, 2.75) is 150 Å². The lowest BCUT2D eigenvalue weighted by Gasteiger charge is -2.19. The molecule has 0 radical (unpaired) electrons. The van der Waals surface area contributed by atoms with Crippen LogP contribution >= 0.6 is 0 Å². The highest BCUT2D eigenvalue weighted by Gasteiger charge is 2.24. The Morgan fingerprint density at radius 1 is 0.471 bits per heavy atom. The van der Waals surface area contributed by atoms with Gasteiger partial charge in [-0.1, -0.05) is 152 Å². The molecule has 6 aromatic rings. The second kappa shape index (κ2) is 20.2. The Balaban J connectivity index is 0.000000140. The van der Waals surface area contributed by atoms with Crippen LogP contribution in [0.25, 0.3) is 10.9 Å². The van der Waals surface area contributed by atoms with E-state index in [1.165, 1.54) is 38.9 Å². The second-order valence-electron chi connectivity index (χ2n) is 23.1. The highest BCUT2D eigenvalue weighted by Crippen LogP contribution is 2.37. The fourth-order valence-corrected chi connectivity index (χ4v) is 7.66. The zero-order valence-corrected chi connectivity index (χ0v) is 43.2. The first-order valence-electron chi connectivity index (χ1n) is 23.8. The number of carbonyl (C=O) groups excluding carboxylic acids is 1. The van der Waals surface area contributed by atoms with Gasteiger partial charge in [-0.15, -0.1) is 0 Å². The third-order valence-electron chi connectivity index (χ3n) is 12.2. The Morgan fingerprint density at radius 3 is 1.62 bits per heavy atom. The standard InChI is InChI=1S/C13H15NO.C12H14O2.C12H16O.C11H14N2.C11H14O2/c1-13(2,3)10-5-6-11-9(8-10)4-7-12(15)14-11;1-12(2,3)9-4-5-10-8(6-9)7-11(13)14-10;1-12(2,3)10-5-4-9-6-7-13-11(9)8-10;1-11(2,3)9-5-4-8-7-12-13-10(8)6-9;1-11(2,3)8-4-5-9-10(6-8)13-7-12-9/h4-8H,1-3H3,(H,14,15);4-6H,7H2,1-3H3;4-5,8H,6-7H2,1-3H3;2*4-6H,7H2,1-3H3. The predicted molar refractivity (Wildman–Crippen MR) is 277 cm³/mol. The van der Waals surface area contributed by atoms with Crippen molar-refractivity contribution in [2.75, 3.05) is 13.4 Å². The Labute approximate surface area is 404 Å². The van der Waals surface area contributed by atoms with Crippen molar-refractivity contribution >= 4 is 22.6 Å². The molecule has 9 heteroatoms. The molecular weight excluding hydrogens is 847 g/mol. The molecule has 0 unspecified atom stereocenters. The number of aromatic amines is 1. The lowest BCUT2D eigenvalue weighted by Crippen LogP contribution is -2.11. The monoisotopic (exact) mass is 920 g/mol. The highest BCUT2D eigenvalue weighted by molar-refractivity contribution is 5.81. The number of azo groups is 1. The number of carbonyl (C=O) groups is 1. The van der Waals surface area contributed by atoms with Gasteiger partial charge in [0.15, 0.2) is 11.5 Å². The normalized spacial score (nSPS) is 14.3. The van der Waals surface area contributed by atoms with Crippen LogP contribution in [0, 0.1) is 0 Å². The second-order valence-corrected chi connectivity index (χ2v) is 23.1. The molecule has 0 atom stereocenters. The van der Waals surface area contributed by atoms with Crippen LogP contribution in [0.3, 0.4) is 0 Å². The number of nitrogens with zero attached hydrogens (tertiary/aromatic N) is 2. The molecule has 0 aliphatic carbocycles. The number of esters is 1. The molecule has 9 nitrogen and oxygen atoms in total. The zero-order chi connectivity index (χ0) is 49.8. The number of aromatic nitrogens is 1. The van der Waals surface area contributed by atoms with Crippen LogP contribution in [0.15, 0.2) is 118 Å². The summed E-state index contributed by atoms with van der Waals surface area (Å²) in [6, 6.07) is 34.8. The third-order valence-corrected chi connectivity index (χ3v) is 12.2. The van der Waals surface area contributed by atoms with Gasteiger partial charge in [0.25, 0.3) is 0 Å². The quantitative estimate of drug-likeness (QED) is 0.120. The van der Waals surface area contributed by atoms with Crippen LogP contribution in [0.4, 0.5) is 5.69 Å². The number of pyridine rings is 1. The number of benzene rings is 5. The molecule has 5 heterocycles. The Hall–Kier alpha value is -6.22. The number of hydrogen-bond acceptors (Lipinski definition) is 8. The van der Waals surface area contributed by atoms with E-state index in [1.54, 1.807) is 6.07 Å². The van der Waals surface area contributed by atoms with E-state index in [2.05, 4.69) is 186 Å². The van der Waals surface area contributed by atoms with Crippen LogP contribution in [-0.4, -0.2) is 24.4 Å². The van der Waals surface area contributed by atoms with E-state index >= 15 is 0 Å². The summed E-state index contributed by atoms with van der Waals surface area (Å²) in [6.07, 6.45) is 1.49. The van der Waals surface area contributed by atoms with Crippen molar-refractivity contribution in [1.29, 1.82) is 0 Å². The fraction of sp³-hybridized carbons (Fsp3) is 0.424. The van der Waals surface area contributed by atoms with E-state index < -0.39 is 0 Å². The van der Waals surface area contributed by atoms with Crippen molar-refractivity contribution in [1.82, 2.24) is 4.98 Å². The average molecular weight is 920 g/mol. The summed E-state index contributed by atoms with van der Waals surface area (Å²) >= 11 is 0. The molecule has 1 N–H and O–H groups in total. The van der Waals surface area contributed by atoms with E-state index in [4.69, 9.17) is 18.9 Å². The molecule has 0 fully saturated rings. The first-order chi connectivity index (χ1) is 31.6. The summed E-state index contributed by atoms with van der Waals surface area (Å²) in [6.45, 7) is 34.8. The van der Waals surface area contributed by atoms with E-state index in [0.717, 1.165) is 64.7 Å². The summed E-state index contributed by atoms with van der Waals surface area (Å²) in [7, 11) is 0. The van der Waals surface area contributed by atoms with Crippen LogP contribution in [0.2, 0.25) is 0 Å². The van der Waals surface area contributed by atoms with Gasteiger partial charge in [-0.05, 0) is 114 Å². The predicted octanol–water partition coefficient (Wildman–Crippen LogP) is 14.5. The first kappa shape index (κ1) is 51.2. The first-order valence-corrected chi connectivity index (χ1v) is 23.8. The van der Waals surface area contributed by atoms with E-state index in [1.807, 2.05) is 30.3 Å². The Morgan fingerprint density at radius 2 is 0.985 bits per heavy atom. The lowest BCUT2D eigenvalue weighted by atomic mass is 9.86. The molecule has 0 spiro atoms.